The molecule has 0 aliphatic rings. The number of rotatable bonds is 7. The lowest BCUT2D eigenvalue weighted by molar-refractivity contribution is 1.18. The first-order chi connectivity index (χ1) is 33.7. The first-order valence-corrected chi connectivity index (χ1v) is 23.0. The van der Waals surface area contributed by atoms with Crippen molar-refractivity contribution in [3.05, 3.63) is 243 Å². The molecule has 13 rings (SSSR count). The highest BCUT2D eigenvalue weighted by atomic mass is 14.9. The third-order valence-corrected chi connectivity index (χ3v) is 13.3. The molecule has 11 aromatic carbocycles. The highest BCUT2D eigenvalue weighted by molar-refractivity contribution is 6.23. The lowest BCUT2D eigenvalue weighted by atomic mass is 9.91. The summed E-state index contributed by atoms with van der Waals surface area (Å²) in [6, 6.07) is 83.8. The molecule has 13 aromatic rings. The summed E-state index contributed by atoms with van der Waals surface area (Å²) in [7, 11) is 0. The Labute approximate surface area is 393 Å². The Hall–Kier alpha value is -9.12. The topological polar surface area (TPSA) is 51.6 Å². The van der Waals surface area contributed by atoms with Gasteiger partial charge in [0.1, 0.15) is 0 Å². The second kappa shape index (κ2) is 16.4. The molecule has 0 amide bonds. The fourth-order valence-electron chi connectivity index (χ4n) is 10.0. The van der Waals surface area contributed by atoms with Crippen molar-refractivity contribution in [1.82, 2.24) is 19.9 Å². The van der Waals surface area contributed by atoms with Crippen molar-refractivity contribution in [3.8, 4) is 78.5 Å². The molecule has 2 aromatic heterocycles. The molecular weight excluding hydrogens is 825 g/mol. The lowest BCUT2D eigenvalue weighted by Crippen LogP contribution is -1.98. The molecule has 0 aliphatic carbocycles. The van der Waals surface area contributed by atoms with Gasteiger partial charge in [-0.25, -0.2) is 15.0 Å². The van der Waals surface area contributed by atoms with Crippen molar-refractivity contribution >= 4 is 54.1 Å². The molecule has 0 bridgehead atoms. The summed E-state index contributed by atoms with van der Waals surface area (Å²) in [6.07, 6.45) is 1.93. The predicted molar refractivity (Wildman–Crippen MR) is 283 cm³/mol. The molecule has 0 aliphatic heterocycles. The quantitative estimate of drug-likeness (QED) is 0.150. The Bertz CT molecular complexity index is 4040. The lowest BCUT2D eigenvalue weighted by Gasteiger charge is -2.16. The maximum Gasteiger partial charge on any atom is 0.160 e. The van der Waals surface area contributed by atoms with Crippen molar-refractivity contribution in [1.29, 1.82) is 0 Å². The van der Waals surface area contributed by atoms with Crippen molar-refractivity contribution in [2.75, 3.05) is 0 Å². The third-order valence-electron chi connectivity index (χ3n) is 13.3. The van der Waals surface area contributed by atoms with Gasteiger partial charge in [0.05, 0.1) is 34.3 Å². The van der Waals surface area contributed by atoms with Crippen molar-refractivity contribution in [3.63, 3.8) is 0 Å². The molecule has 2 heterocycles. The number of nitrogens with zero attached hydrogens (tertiary/aromatic N) is 4. The van der Waals surface area contributed by atoms with E-state index in [0.29, 0.717) is 5.82 Å². The number of fused-ring (bicyclic) bond motifs is 9. The van der Waals surface area contributed by atoms with Crippen LogP contribution in [0.1, 0.15) is 0 Å². The molecule has 0 radical (unpaired) electrons. The molecule has 316 valence electrons. The smallest absolute Gasteiger partial charge is 0.160 e. The van der Waals surface area contributed by atoms with Crippen LogP contribution in [0.2, 0.25) is 0 Å². The van der Waals surface area contributed by atoms with Crippen LogP contribution in [0.25, 0.3) is 133 Å². The van der Waals surface area contributed by atoms with E-state index in [-0.39, 0.29) is 0 Å². The highest BCUT2D eigenvalue weighted by Gasteiger charge is 2.19. The number of hydrogen-bond acceptors (Lipinski definition) is 4. The number of hydrogen-bond donors (Lipinski definition) is 0. The van der Waals surface area contributed by atoms with E-state index in [1.165, 1.54) is 32.5 Å². The highest BCUT2D eigenvalue weighted by Crippen LogP contribution is 2.41. The van der Waals surface area contributed by atoms with Crippen LogP contribution in [0.5, 0.6) is 0 Å². The molecule has 0 atom stereocenters. The summed E-state index contributed by atoms with van der Waals surface area (Å²) in [4.78, 5) is 21.7. The largest absolute Gasteiger partial charge is 0.252 e. The van der Waals surface area contributed by atoms with Crippen LogP contribution in [0.3, 0.4) is 0 Å². The summed E-state index contributed by atoms with van der Waals surface area (Å²) in [5, 5.41) is 9.25. The van der Waals surface area contributed by atoms with Gasteiger partial charge in [0.25, 0.3) is 0 Å². The minimum Gasteiger partial charge on any atom is -0.252 e. The van der Waals surface area contributed by atoms with Gasteiger partial charge in [0.15, 0.2) is 5.82 Å². The van der Waals surface area contributed by atoms with Crippen LogP contribution < -0.4 is 0 Å². The van der Waals surface area contributed by atoms with Crippen molar-refractivity contribution < 1.29 is 0 Å². The van der Waals surface area contributed by atoms with Gasteiger partial charge >= 0.3 is 0 Å². The summed E-state index contributed by atoms with van der Waals surface area (Å²) in [5.74, 6) is 0.617. The first-order valence-electron chi connectivity index (χ1n) is 23.0. The molecule has 0 spiro atoms. The van der Waals surface area contributed by atoms with E-state index in [2.05, 4.69) is 231 Å². The second-order valence-electron chi connectivity index (χ2n) is 17.4. The summed E-state index contributed by atoms with van der Waals surface area (Å²) >= 11 is 0. The zero-order valence-corrected chi connectivity index (χ0v) is 36.9. The maximum atomic E-state index is 5.51. The van der Waals surface area contributed by atoms with Gasteiger partial charge in [-0.1, -0.05) is 206 Å². The van der Waals surface area contributed by atoms with E-state index in [4.69, 9.17) is 19.9 Å². The zero-order valence-electron chi connectivity index (χ0n) is 36.9. The fourth-order valence-corrected chi connectivity index (χ4v) is 10.0. The van der Waals surface area contributed by atoms with Crippen LogP contribution in [-0.2, 0) is 0 Å². The molecule has 0 unspecified atom stereocenters. The average Bonchev–Trinajstić information content (AvgIpc) is 3.43. The molecule has 4 nitrogen and oxygen atoms in total. The van der Waals surface area contributed by atoms with E-state index >= 15 is 0 Å². The molecule has 0 saturated heterocycles. The van der Waals surface area contributed by atoms with Crippen LogP contribution in [0.4, 0.5) is 0 Å². The van der Waals surface area contributed by atoms with Gasteiger partial charge < -0.3 is 0 Å². The number of benzene rings is 11. The van der Waals surface area contributed by atoms with Gasteiger partial charge in [0.2, 0.25) is 0 Å². The Morgan fingerprint density at radius 1 is 0.235 bits per heavy atom. The SMILES string of the molecule is c1ccc(-c2ccc(-c3cc(-c4ccccc4-c4ccccc4)nc(-c4cc(-c5cnc6c7ccccc7c7ccccc7c6n5)cc(-c5cc6ccccc6c6ccccc56)c4)n3)cc2)cc1. The van der Waals surface area contributed by atoms with Gasteiger partial charge in [0, 0.05) is 33.0 Å². The van der Waals surface area contributed by atoms with Crippen LogP contribution in [0.15, 0.2) is 243 Å². The van der Waals surface area contributed by atoms with Gasteiger partial charge in [-0.15, -0.1) is 0 Å². The van der Waals surface area contributed by atoms with Gasteiger partial charge in [-0.05, 0) is 96.0 Å². The van der Waals surface area contributed by atoms with Crippen LogP contribution in [-0.4, -0.2) is 19.9 Å². The number of aromatic nitrogens is 4. The molecule has 0 saturated carbocycles. The Morgan fingerprint density at radius 3 is 1.46 bits per heavy atom. The molecule has 68 heavy (non-hydrogen) atoms. The Kier molecular flexibility index (Phi) is 9.47. The van der Waals surface area contributed by atoms with E-state index in [1.54, 1.807) is 0 Å². The second-order valence-corrected chi connectivity index (χ2v) is 17.4. The summed E-state index contributed by atoms with van der Waals surface area (Å²) in [5.41, 5.74) is 14.7. The minimum absolute atomic E-state index is 0.617. The summed E-state index contributed by atoms with van der Waals surface area (Å²) in [6.45, 7) is 0. The standard InChI is InChI=1S/C64H40N4/c1-3-17-41(18-4-1)42-31-33-44(34-32-42)59-39-60(55-28-14-9-22-49(55)43-19-5-2-6-20-43)68-64(67-59)48-36-46(58-38-45-21-7-8-23-50(45)51-24-10-11-27-54(51)58)35-47(37-48)61-40-65-62-56-29-15-12-25-52(56)53-26-13-16-30-57(53)63(62)66-61/h1-40H. The van der Waals surface area contributed by atoms with Crippen molar-refractivity contribution in [2.24, 2.45) is 0 Å². The minimum atomic E-state index is 0.617. The molecule has 0 fully saturated rings. The monoisotopic (exact) mass is 864 g/mol. The molecular formula is C64H40N4. The zero-order chi connectivity index (χ0) is 45.0. The Balaban J connectivity index is 1.07. The summed E-state index contributed by atoms with van der Waals surface area (Å²) < 4.78 is 0. The van der Waals surface area contributed by atoms with E-state index in [1.807, 2.05) is 12.3 Å². The van der Waals surface area contributed by atoms with Gasteiger partial charge in [-0.3, -0.25) is 4.98 Å². The average molecular weight is 865 g/mol. The fraction of sp³-hybridized carbons (Fsp3) is 0. The van der Waals surface area contributed by atoms with Gasteiger partial charge in [-0.2, -0.15) is 0 Å². The molecule has 0 N–H and O–H groups in total. The van der Waals surface area contributed by atoms with Crippen LogP contribution in [0, 0.1) is 0 Å². The van der Waals surface area contributed by atoms with E-state index in [9.17, 15) is 0 Å². The third kappa shape index (κ3) is 6.86. The molecule has 4 heteroatoms. The van der Waals surface area contributed by atoms with Crippen LogP contribution >= 0.6 is 0 Å². The maximum absolute atomic E-state index is 5.51. The van der Waals surface area contributed by atoms with E-state index in [0.717, 1.165) is 94.3 Å². The normalized spacial score (nSPS) is 11.5. The predicted octanol–water partition coefficient (Wildman–Crippen LogP) is 16.7. The first kappa shape index (κ1) is 39.3. The Morgan fingerprint density at radius 2 is 0.735 bits per heavy atom. The van der Waals surface area contributed by atoms with Crippen molar-refractivity contribution in [2.45, 2.75) is 0 Å². The van der Waals surface area contributed by atoms with E-state index < -0.39 is 0 Å².